The second-order valence-electron chi connectivity index (χ2n) is 6.57. The second kappa shape index (κ2) is 8.14. The van der Waals surface area contributed by atoms with Crippen LogP contribution in [0.25, 0.3) is 0 Å². The fourth-order valence-corrected chi connectivity index (χ4v) is 3.37. The van der Waals surface area contributed by atoms with Gasteiger partial charge in [-0.3, -0.25) is 4.79 Å². The minimum atomic E-state index is -0.561. The third-order valence-corrected chi connectivity index (χ3v) is 5.24. The number of carbonyl (C=O) groups is 1. The van der Waals surface area contributed by atoms with E-state index >= 15 is 0 Å². The number of hydrogen-bond donors (Lipinski definition) is 1. The van der Waals surface area contributed by atoms with Gasteiger partial charge in [-0.15, -0.1) is 0 Å². The van der Waals surface area contributed by atoms with Gasteiger partial charge in [0.2, 0.25) is 0 Å². The standard InChI is InChI=1S/C17H34N2O2/c1-6-17(7-2)11-13-19(14-17)12-10-16(5,18-8-3)15(20)21-9-4/h18H,6-14H2,1-5H3. The summed E-state index contributed by atoms with van der Waals surface area (Å²) < 4.78 is 5.24. The van der Waals surface area contributed by atoms with E-state index in [9.17, 15) is 4.79 Å². The maximum atomic E-state index is 12.2. The second-order valence-corrected chi connectivity index (χ2v) is 6.57. The summed E-state index contributed by atoms with van der Waals surface area (Å²) in [4.78, 5) is 14.7. The molecule has 1 aliphatic heterocycles. The highest BCUT2D eigenvalue weighted by molar-refractivity contribution is 5.80. The minimum absolute atomic E-state index is 0.122. The zero-order valence-corrected chi connectivity index (χ0v) is 14.6. The summed E-state index contributed by atoms with van der Waals surface area (Å²) >= 11 is 0. The van der Waals surface area contributed by atoms with Crippen molar-refractivity contribution in [3.8, 4) is 0 Å². The molecular formula is C17H34N2O2. The van der Waals surface area contributed by atoms with E-state index in [1.807, 2.05) is 20.8 Å². The van der Waals surface area contributed by atoms with Crippen molar-refractivity contribution in [3.05, 3.63) is 0 Å². The molecular weight excluding hydrogens is 264 g/mol. The highest BCUT2D eigenvalue weighted by Crippen LogP contribution is 2.37. The van der Waals surface area contributed by atoms with Crippen LogP contribution in [0.2, 0.25) is 0 Å². The number of likely N-dealkylation sites (tertiary alicyclic amines) is 1. The third-order valence-electron chi connectivity index (χ3n) is 5.24. The van der Waals surface area contributed by atoms with Crippen molar-refractivity contribution in [1.29, 1.82) is 0 Å². The largest absolute Gasteiger partial charge is 0.465 e. The molecule has 4 heteroatoms. The van der Waals surface area contributed by atoms with Crippen LogP contribution in [0.4, 0.5) is 0 Å². The Morgan fingerprint density at radius 1 is 1.29 bits per heavy atom. The summed E-state index contributed by atoms with van der Waals surface area (Å²) in [6.45, 7) is 15.0. The number of likely N-dealkylation sites (N-methyl/N-ethyl adjacent to an activating group) is 1. The van der Waals surface area contributed by atoms with E-state index in [1.165, 1.54) is 25.8 Å². The van der Waals surface area contributed by atoms with Gasteiger partial charge in [0.15, 0.2) is 0 Å². The number of rotatable bonds is 9. The first-order chi connectivity index (χ1) is 9.95. The highest BCUT2D eigenvalue weighted by Gasteiger charge is 2.38. The summed E-state index contributed by atoms with van der Waals surface area (Å²) in [5.74, 6) is -0.122. The molecule has 4 nitrogen and oxygen atoms in total. The lowest BCUT2D eigenvalue weighted by atomic mass is 9.82. The van der Waals surface area contributed by atoms with Gasteiger partial charge in [0.1, 0.15) is 5.54 Å². The van der Waals surface area contributed by atoms with Gasteiger partial charge in [-0.25, -0.2) is 0 Å². The molecule has 0 aromatic carbocycles. The van der Waals surface area contributed by atoms with Crippen LogP contribution in [-0.2, 0) is 9.53 Å². The number of carbonyl (C=O) groups excluding carboxylic acids is 1. The van der Waals surface area contributed by atoms with Gasteiger partial charge in [-0.1, -0.05) is 20.8 Å². The molecule has 1 aliphatic rings. The molecule has 0 radical (unpaired) electrons. The van der Waals surface area contributed by atoms with Crippen LogP contribution in [0.1, 0.15) is 60.3 Å². The average Bonchev–Trinajstić information content (AvgIpc) is 2.90. The van der Waals surface area contributed by atoms with E-state index in [-0.39, 0.29) is 5.97 Å². The first kappa shape index (κ1) is 18.4. The van der Waals surface area contributed by atoms with Crippen LogP contribution < -0.4 is 5.32 Å². The van der Waals surface area contributed by atoms with E-state index in [2.05, 4.69) is 24.1 Å². The van der Waals surface area contributed by atoms with Crippen molar-refractivity contribution in [3.63, 3.8) is 0 Å². The van der Waals surface area contributed by atoms with Crippen molar-refractivity contribution in [1.82, 2.24) is 10.2 Å². The fraction of sp³-hybridized carbons (Fsp3) is 0.941. The van der Waals surface area contributed by atoms with Gasteiger partial charge in [0.25, 0.3) is 0 Å². The Balaban J connectivity index is 2.56. The number of hydrogen-bond acceptors (Lipinski definition) is 4. The minimum Gasteiger partial charge on any atom is -0.465 e. The van der Waals surface area contributed by atoms with Crippen LogP contribution in [0.3, 0.4) is 0 Å². The first-order valence-electron chi connectivity index (χ1n) is 8.60. The Morgan fingerprint density at radius 2 is 1.95 bits per heavy atom. The van der Waals surface area contributed by atoms with Gasteiger partial charge in [0.05, 0.1) is 6.61 Å². The SMILES string of the molecule is CCNC(C)(CCN1CCC(CC)(CC)C1)C(=O)OCC. The van der Waals surface area contributed by atoms with Gasteiger partial charge in [-0.05, 0) is 58.0 Å². The lowest BCUT2D eigenvalue weighted by Crippen LogP contribution is -2.52. The molecule has 1 N–H and O–H groups in total. The molecule has 1 rings (SSSR count). The summed E-state index contributed by atoms with van der Waals surface area (Å²) in [6.07, 6.45) is 4.60. The van der Waals surface area contributed by atoms with Crippen LogP contribution >= 0.6 is 0 Å². The van der Waals surface area contributed by atoms with Crippen molar-refractivity contribution < 1.29 is 9.53 Å². The zero-order chi connectivity index (χ0) is 15.9. The van der Waals surface area contributed by atoms with E-state index in [1.54, 1.807) is 0 Å². The van der Waals surface area contributed by atoms with Gasteiger partial charge in [0, 0.05) is 13.1 Å². The summed E-state index contributed by atoms with van der Waals surface area (Å²) in [5, 5.41) is 3.32. The molecule has 0 spiro atoms. The Labute approximate surface area is 130 Å². The molecule has 1 unspecified atom stereocenters. The quantitative estimate of drug-likeness (QED) is 0.665. The summed E-state index contributed by atoms with van der Waals surface area (Å²) in [6, 6.07) is 0. The first-order valence-corrected chi connectivity index (χ1v) is 8.60. The Bertz CT molecular complexity index is 329. The Morgan fingerprint density at radius 3 is 2.43 bits per heavy atom. The molecule has 1 heterocycles. The fourth-order valence-electron chi connectivity index (χ4n) is 3.37. The van der Waals surface area contributed by atoms with E-state index in [0.29, 0.717) is 12.0 Å². The van der Waals surface area contributed by atoms with Gasteiger partial charge in [-0.2, -0.15) is 0 Å². The predicted octanol–water partition coefficient (Wildman–Crippen LogP) is 2.82. The maximum Gasteiger partial charge on any atom is 0.326 e. The monoisotopic (exact) mass is 298 g/mol. The Hall–Kier alpha value is -0.610. The molecule has 0 bridgehead atoms. The van der Waals surface area contributed by atoms with Crippen LogP contribution in [0.5, 0.6) is 0 Å². The van der Waals surface area contributed by atoms with Gasteiger partial charge >= 0.3 is 5.97 Å². The van der Waals surface area contributed by atoms with Crippen LogP contribution in [0, 0.1) is 5.41 Å². The molecule has 0 amide bonds. The lowest BCUT2D eigenvalue weighted by Gasteiger charge is -2.31. The molecule has 1 atom stereocenters. The van der Waals surface area contributed by atoms with Crippen molar-refractivity contribution >= 4 is 5.97 Å². The smallest absolute Gasteiger partial charge is 0.326 e. The van der Waals surface area contributed by atoms with Crippen molar-refractivity contribution in [2.75, 3.05) is 32.8 Å². The molecule has 124 valence electrons. The van der Waals surface area contributed by atoms with Crippen molar-refractivity contribution in [2.24, 2.45) is 5.41 Å². The molecule has 0 aromatic rings. The third kappa shape index (κ3) is 4.68. The van der Waals surface area contributed by atoms with Gasteiger partial charge < -0.3 is 15.0 Å². The number of nitrogens with one attached hydrogen (secondary N) is 1. The summed E-state index contributed by atoms with van der Waals surface area (Å²) in [7, 11) is 0. The van der Waals surface area contributed by atoms with Crippen LogP contribution in [0.15, 0.2) is 0 Å². The van der Waals surface area contributed by atoms with E-state index < -0.39 is 5.54 Å². The number of esters is 1. The molecule has 0 aliphatic carbocycles. The van der Waals surface area contributed by atoms with Crippen molar-refractivity contribution in [2.45, 2.75) is 65.8 Å². The maximum absolute atomic E-state index is 12.2. The highest BCUT2D eigenvalue weighted by atomic mass is 16.5. The molecule has 0 saturated carbocycles. The Kier molecular flexibility index (Phi) is 7.14. The molecule has 1 fully saturated rings. The predicted molar refractivity (Wildman–Crippen MR) is 87.4 cm³/mol. The topological polar surface area (TPSA) is 41.6 Å². The van der Waals surface area contributed by atoms with Crippen LogP contribution in [-0.4, -0.2) is 49.2 Å². The molecule has 0 aromatic heterocycles. The average molecular weight is 298 g/mol. The van der Waals surface area contributed by atoms with E-state index in [0.717, 1.165) is 26.1 Å². The zero-order valence-electron chi connectivity index (χ0n) is 14.6. The summed E-state index contributed by atoms with van der Waals surface area (Å²) in [5.41, 5.74) is -0.0625. The molecule has 21 heavy (non-hydrogen) atoms. The number of nitrogens with zero attached hydrogens (tertiary/aromatic N) is 1. The number of ether oxygens (including phenoxy) is 1. The molecule has 1 saturated heterocycles. The normalized spacial score (nSPS) is 21.2. The van der Waals surface area contributed by atoms with E-state index in [4.69, 9.17) is 4.74 Å². The lowest BCUT2D eigenvalue weighted by molar-refractivity contribution is -0.151.